The summed E-state index contributed by atoms with van der Waals surface area (Å²) in [5.41, 5.74) is 0.763. The Labute approximate surface area is 143 Å². The molecular formula is C17H24Cl2N2O. The van der Waals surface area contributed by atoms with Crippen molar-refractivity contribution in [2.75, 3.05) is 26.2 Å². The molecule has 0 spiro atoms. The van der Waals surface area contributed by atoms with Crippen molar-refractivity contribution in [3.8, 4) is 0 Å². The van der Waals surface area contributed by atoms with E-state index in [1.165, 1.54) is 6.42 Å². The van der Waals surface area contributed by atoms with Crippen molar-refractivity contribution >= 4 is 29.9 Å². The molecule has 1 saturated carbocycles. The number of benzene rings is 1. The Kier molecular flexibility index (Phi) is 6.13. The van der Waals surface area contributed by atoms with Gasteiger partial charge in [0.1, 0.15) is 0 Å². The van der Waals surface area contributed by atoms with E-state index >= 15 is 0 Å². The number of rotatable bonds is 2. The maximum absolute atomic E-state index is 13.2. The third-order valence-corrected chi connectivity index (χ3v) is 5.13. The first kappa shape index (κ1) is 17.6. The van der Waals surface area contributed by atoms with Crippen LogP contribution in [-0.2, 0) is 10.2 Å². The van der Waals surface area contributed by atoms with Crippen molar-refractivity contribution < 1.29 is 4.79 Å². The summed E-state index contributed by atoms with van der Waals surface area (Å²) in [4.78, 5) is 15.3. The smallest absolute Gasteiger partial charge is 0.233 e. The number of hydrogen-bond donors (Lipinski definition) is 1. The van der Waals surface area contributed by atoms with Crippen LogP contribution in [0.2, 0.25) is 5.02 Å². The number of piperazine rings is 1. The topological polar surface area (TPSA) is 32.3 Å². The van der Waals surface area contributed by atoms with Crippen LogP contribution < -0.4 is 5.32 Å². The quantitative estimate of drug-likeness (QED) is 0.893. The zero-order chi connectivity index (χ0) is 14.7. The molecule has 2 fully saturated rings. The number of nitrogens with one attached hydrogen (secondary N) is 1. The van der Waals surface area contributed by atoms with Crippen LogP contribution in [0.4, 0.5) is 0 Å². The van der Waals surface area contributed by atoms with Crippen LogP contribution >= 0.6 is 24.0 Å². The van der Waals surface area contributed by atoms with E-state index in [0.717, 1.165) is 62.4 Å². The van der Waals surface area contributed by atoms with Gasteiger partial charge >= 0.3 is 0 Å². The van der Waals surface area contributed by atoms with Gasteiger partial charge in [-0.05, 0) is 30.5 Å². The number of nitrogens with zero attached hydrogens (tertiary/aromatic N) is 1. The lowest BCUT2D eigenvalue weighted by Crippen LogP contribution is -2.54. The van der Waals surface area contributed by atoms with Gasteiger partial charge < -0.3 is 10.2 Å². The summed E-state index contributed by atoms with van der Waals surface area (Å²) < 4.78 is 0. The van der Waals surface area contributed by atoms with Crippen LogP contribution in [0.5, 0.6) is 0 Å². The summed E-state index contributed by atoms with van der Waals surface area (Å²) >= 11 is 6.18. The van der Waals surface area contributed by atoms with E-state index in [1.807, 2.05) is 23.1 Å². The largest absolute Gasteiger partial charge is 0.339 e. The van der Waals surface area contributed by atoms with Crippen molar-refractivity contribution in [3.63, 3.8) is 0 Å². The summed E-state index contributed by atoms with van der Waals surface area (Å²) in [6.45, 7) is 3.44. The first-order chi connectivity index (χ1) is 10.2. The Morgan fingerprint density at radius 1 is 1.14 bits per heavy atom. The molecule has 0 atom stereocenters. The summed E-state index contributed by atoms with van der Waals surface area (Å²) in [5, 5.41) is 4.05. The average Bonchev–Trinajstić information content (AvgIpc) is 2.55. The van der Waals surface area contributed by atoms with Crippen molar-refractivity contribution in [3.05, 3.63) is 34.9 Å². The van der Waals surface area contributed by atoms with Crippen LogP contribution in [-0.4, -0.2) is 37.0 Å². The van der Waals surface area contributed by atoms with E-state index < -0.39 is 0 Å². The lowest BCUT2D eigenvalue weighted by molar-refractivity contribution is -0.139. The second-order valence-electron chi connectivity index (χ2n) is 6.20. The van der Waals surface area contributed by atoms with E-state index in [-0.39, 0.29) is 17.8 Å². The molecule has 1 heterocycles. The van der Waals surface area contributed by atoms with Crippen LogP contribution in [0.3, 0.4) is 0 Å². The Hall–Kier alpha value is -0.770. The maximum atomic E-state index is 13.2. The molecule has 22 heavy (non-hydrogen) atoms. The van der Waals surface area contributed by atoms with Gasteiger partial charge in [0, 0.05) is 31.2 Å². The molecule has 3 rings (SSSR count). The van der Waals surface area contributed by atoms with Crippen molar-refractivity contribution in [1.29, 1.82) is 0 Å². The third kappa shape index (κ3) is 3.42. The highest BCUT2D eigenvalue weighted by Gasteiger charge is 2.43. The Bertz CT molecular complexity index is 509. The molecular weight excluding hydrogens is 319 g/mol. The van der Waals surface area contributed by atoms with Crippen molar-refractivity contribution in [1.82, 2.24) is 10.2 Å². The molecule has 0 unspecified atom stereocenters. The number of amides is 1. The summed E-state index contributed by atoms with van der Waals surface area (Å²) in [6.07, 6.45) is 5.40. The van der Waals surface area contributed by atoms with Gasteiger partial charge in [-0.2, -0.15) is 0 Å². The van der Waals surface area contributed by atoms with Crippen LogP contribution in [0.15, 0.2) is 24.3 Å². The summed E-state index contributed by atoms with van der Waals surface area (Å²) in [7, 11) is 0. The average molecular weight is 343 g/mol. The predicted molar refractivity (Wildman–Crippen MR) is 92.9 cm³/mol. The number of carbonyl (C=O) groups is 1. The second-order valence-corrected chi connectivity index (χ2v) is 6.63. The molecule has 1 aliphatic heterocycles. The van der Waals surface area contributed by atoms with E-state index in [9.17, 15) is 4.79 Å². The van der Waals surface area contributed by atoms with Crippen LogP contribution in [0, 0.1) is 0 Å². The number of halogens is 2. The van der Waals surface area contributed by atoms with Gasteiger partial charge in [-0.25, -0.2) is 0 Å². The Morgan fingerprint density at radius 3 is 2.45 bits per heavy atom. The highest BCUT2D eigenvalue weighted by atomic mass is 35.5. The Balaban J connectivity index is 0.00000176. The van der Waals surface area contributed by atoms with Gasteiger partial charge in [-0.1, -0.05) is 43.0 Å². The Morgan fingerprint density at radius 2 is 1.82 bits per heavy atom. The molecule has 1 aromatic rings. The minimum atomic E-state index is -0.347. The standard InChI is InChI=1S/C17H23ClN2O.ClH/c18-15-6-4-5-14(13-15)17(7-2-1-3-8-17)16(21)20-11-9-19-10-12-20;/h4-6,13,19H,1-3,7-12H2;1H. The zero-order valence-electron chi connectivity index (χ0n) is 12.8. The molecule has 0 bridgehead atoms. The third-order valence-electron chi connectivity index (χ3n) is 4.90. The van der Waals surface area contributed by atoms with Gasteiger partial charge in [0.2, 0.25) is 5.91 Å². The monoisotopic (exact) mass is 342 g/mol. The van der Waals surface area contributed by atoms with E-state index in [2.05, 4.69) is 11.4 Å². The van der Waals surface area contributed by atoms with E-state index in [4.69, 9.17) is 11.6 Å². The maximum Gasteiger partial charge on any atom is 0.233 e. The van der Waals surface area contributed by atoms with Gasteiger partial charge in [0.25, 0.3) is 0 Å². The van der Waals surface area contributed by atoms with Crippen molar-refractivity contribution in [2.24, 2.45) is 0 Å². The minimum Gasteiger partial charge on any atom is -0.339 e. The molecule has 5 heteroatoms. The van der Waals surface area contributed by atoms with Crippen LogP contribution in [0.25, 0.3) is 0 Å². The van der Waals surface area contributed by atoms with Crippen LogP contribution in [0.1, 0.15) is 37.7 Å². The zero-order valence-corrected chi connectivity index (χ0v) is 14.4. The van der Waals surface area contributed by atoms with Gasteiger partial charge in [-0.3, -0.25) is 4.79 Å². The normalized spacial score (nSPS) is 21.0. The SMILES string of the molecule is Cl.O=C(N1CCNCC1)C1(c2cccc(Cl)c2)CCCCC1. The molecule has 1 aliphatic carbocycles. The molecule has 1 aromatic carbocycles. The first-order valence-corrected chi connectivity index (χ1v) is 8.36. The summed E-state index contributed by atoms with van der Waals surface area (Å²) in [5.74, 6) is 0.311. The second kappa shape index (κ2) is 7.67. The lowest BCUT2D eigenvalue weighted by atomic mass is 9.68. The highest BCUT2D eigenvalue weighted by Crippen LogP contribution is 2.41. The molecule has 0 aromatic heterocycles. The number of carbonyl (C=O) groups excluding carboxylic acids is 1. The molecule has 0 radical (unpaired) electrons. The van der Waals surface area contributed by atoms with Gasteiger partial charge in [-0.15, -0.1) is 12.4 Å². The molecule has 1 N–H and O–H groups in total. The molecule has 1 saturated heterocycles. The fraction of sp³-hybridized carbons (Fsp3) is 0.588. The van der Waals surface area contributed by atoms with E-state index in [1.54, 1.807) is 0 Å². The fourth-order valence-electron chi connectivity index (χ4n) is 3.74. The molecule has 3 nitrogen and oxygen atoms in total. The van der Waals surface area contributed by atoms with Gasteiger partial charge in [0.05, 0.1) is 5.41 Å². The van der Waals surface area contributed by atoms with Gasteiger partial charge in [0.15, 0.2) is 0 Å². The molecule has 2 aliphatic rings. The first-order valence-electron chi connectivity index (χ1n) is 7.98. The van der Waals surface area contributed by atoms with E-state index in [0.29, 0.717) is 5.91 Å². The summed E-state index contributed by atoms with van der Waals surface area (Å²) in [6, 6.07) is 7.93. The highest BCUT2D eigenvalue weighted by molar-refractivity contribution is 6.30. The molecule has 122 valence electrons. The lowest BCUT2D eigenvalue weighted by Gasteiger charge is -2.41. The molecule has 1 amide bonds. The minimum absolute atomic E-state index is 0. The number of hydrogen-bond acceptors (Lipinski definition) is 2. The fourth-order valence-corrected chi connectivity index (χ4v) is 3.93. The van der Waals surface area contributed by atoms with Crippen molar-refractivity contribution in [2.45, 2.75) is 37.5 Å². The predicted octanol–water partition coefficient (Wildman–Crippen LogP) is 3.40.